The number of benzene rings is 1. The lowest BCUT2D eigenvalue weighted by atomic mass is 10.3. The van der Waals surface area contributed by atoms with Crippen molar-refractivity contribution in [2.75, 3.05) is 0 Å². The van der Waals surface area contributed by atoms with Crippen molar-refractivity contribution in [3.05, 3.63) is 35.7 Å². The molecule has 0 radical (unpaired) electrons. The number of hydrogen-bond donors (Lipinski definition) is 1. The first-order chi connectivity index (χ1) is 8.41. The molecule has 2 rings (SSSR count). The fourth-order valence-corrected chi connectivity index (χ4v) is 1.85. The normalized spacial score (nSPS) is 11.4. The highest BCUT2D eigenvalue weighted by molar-refractivity contribution is 7.85. The summed E-state index contributed by atoms with van der Waals surface area (Å²) in [6, 6.07) is 5.31. The maximum atomic E-state index is 10.9. The van der Waals surface area contributed by atoms with Gasteiger partial charge in [-0.15, -0.1) is 5.10 Å². The first kappa shape index (κ1) is 12.4. The van der Waals surface area contributed by atoms with Crippen LogP contribution in [0.1, 0.15) is 16.2 Å². The van der Waals surface area contributed by atoms with Crippen molar-refractivity contribution in [3.8, 4) is 5.69 Å². The molecule has 1 heterocycles. The molecule has 0 bridgehead atoms. The molecule has 94 valence electrons. The minimum atomic E-state index is -4.22. The van der Waals surface area contributed by atoms with Crippen LogP contribution in [0, 0.1) is 6.92 Å². The Labute approximate surface area is 103 Å². The number of rotatable bonds is 3. The summed E-state index contributed by atoms with van der Waals surface area (Å²) >= 11 is 0. The predicted octanol–water partition coefficient (Wildman–Crippen LogP) is 0.635. The molecule has 0 saturated carbocycles. The van der Waals surface area contributed by atoms with E-state index in [1.807, 2.05) is 0 Å². The molecule has 0 saturated heterocycles. The Morgan fingerprint density at radius 2 is 1.83 bits per heavy atom. The number of carbonyl (C=O) groups excluding carboxylic acids is 1. The van der Waals surface area contributed by atoms with Crippen molar-refractivity contribution in [1.29, 1.82) is 0 Å². The van der Waals surface area contributed by atoms with E-state index in [0.29, 0.717) is 17.7 Å². The van der Waals surface area contributed by atoms with E-state index in [4.69, 9.17) is 4.55 Å². The zero-order chi connectivity index (χ0) is 13.3. The Morgan fingerprint density at radius 3 is 2.28 bits per heavy atom. The largest absolute Gasteiger partial charge is 0.296 e. The molecule has 0 aliphatic heterocycles. The average molecular weight is 267 g/mol. The molecule has 7 nitrogen and oxygen atoms in total. The number of aldehydes is 1. The second kappa shape index (κ2) is 4.31. The van der Waals surface area contributed by atoms with Crippen LogP contribution in [0.5, 0.6) is 0 Å². The Hall–Kier alpha value is -2.06. The number of nitrogens with zero attached hydrogens (tertiary/aromatic N) is 3. The minimum Gasteiger partial charge on any atom is -0.296 e. The third kappa shape index (κ3) is 2.29. The Kier molecular flexibility index (Phi) is 2.97. The molecule has 0 fully saturated rings. The van der Waals surface area contributed by atoms with Crippen LogP contribution >= 0.6 is 0 Å². The van der Waals surface area contributed by atoms with Gasteiger partial charge in [-0.1, -0.05) is 0 Å². The van der Waals surface area contributed by atoms with E-state index in [9.17, 15) is 13.2 Å². The van der Waals surface area contributed by atoms with Gasteiger partial charge in [0, 0.05) is 0 Å². The molecule has 0 aliphatic rings. The fourth-order valence-electron chi connectivity index (χ4n) is 1.37. The fraction of sp³-hybridized carbons (Fsp3) is 0.100. The van der Waals surface area contributed by atoms with Crippen LogP contribution in [0.15, 0.2) is 29.2 Å². The van der Waals surface area contributed by atoms with Crippen LogP contribution in [0.4, 0.5) is 0 Å². The SMILES string of the molecule is Cc1nn(-c2ccc(S(=O)(=O)O)cc2)nc1C=O. The van der Waals surface area contributed by atoms with Gasteiger partial charge in [0.15, 0.2) is 6.29 Å². The number of aromatic nitrogens is 3. The molecule has 18 heavy (non-hydrogen) atoms. The van der Waals surface area contributed by atoms with Crippen LogP contribution in [0.2, 0.25) is 0 Å². The standard InChI is InChI=1S/C10H9N3O4S/c1-7-10(6-14)12-13(11-7)8-2-4-9(5-3-8)18(15,16)17/h2-6H,1H3,(H,15,16,17). The molecule has 1 aromatic carbocycles. The van der Waals surface area contributed by atoms with E-state index >= 15 is 0 Å². The first-order valence-electron chi connectivity index (χ1n) is 4.89. The summed E-state index contributed by atoms with van der Waals surface area (Å²) in [5.74, 6) is 0. The third-order valence-corrected chi connectivity index (χ3v) is 3.16. The van der Waals surface area contributed by atoms with Gasteiger partial charge in [0.05, 0.1) is 16.3 Å². The van der Waals surface area contributed by atoms with Crippen molar-refractivity contribution in [2.45, 2.75) is 11.8 Å². The molecule has 0 aliphatic carbocycles. The molecular formula is C10H9N3O4S. The van der Waals surface area contributed by atoms with Gasteiger partial charge in [-0.3, -0.25) is 9.35 Å². The number of hydrogen-bond acceptors (Lipinski definition) is 5. The Morgan fingerprint density at radius 1 is 1.22 bits per heavy atom. The zero-order valence-electron chi connectivity index (χ0n) is 9.31. The maximum Gasteiger partial charge on any atom is 0.294 e. The van der Waals surface area contributed by atoms with E-state index in [1.54, 1.807) is 6.92 Å². The minimum absolute atomic E-state index is 0.217. The quantitative estimate of drug-likeness (QED) is 0.646. The summed E-state index contributed by atoms with van der Waals surface area (Å²) in [6.07, 6.45) is 0.589. The van der Waals surface area contributed by atoms with Gasteiger partial charge in [-0.2, -0.15) is 18.3 Å². The number of aryl methyl sites for hydroxylation is 1. The molecule has 1 aromatic heterocycles. The summed E-state index contributed by atoms with van der Waals surface area (Å²) in [6.45, 7) is 1.64. The molecule has 1 N–H and O–H groups in total. The van der Waals surface area contributed by atoms with Crippen molar-refractivity contribution >= 4 is 16.4 Å². The average Bonchev–Trinajstić information content (AvgIpc) is 2.69. The van der Waals surface area contributed by atoms with E-state index < -0.39 is 10.1 Å². The second-order valence-electron chi connectivity index (χ2n) is 3.55. The van der Waals surface area contributed by atoms with Gasteiger partial charge in [-0.05, 0) is 31.2 Å². The summed E-state index contributed by atoms with van der Waals surface area (Å²) in [4.78, 5) is 11.6. The second-order valence-corrected chi connectivity index (χ2v) is 4.97. The Bertz CT molecular complexity index is 688. The van der Waals surface area contributed by atoms with Gasteiger partial charge >= 0.3 is 0 Å². The van der Waals surface area contributed by atoms with E-state index in [0.717, 1.165) is 0 Å². The monoisotopic (exact) mass is 267 g/mol. The zero-order valence-corrected chi connectivity index (χ0v) is 10.1. The van der Waals surface area contributed by atoms with Crippen LogP contribution in [0.3, 0.4) is 0 Å². The van der Waals surface area contributed by atoms with Crippen molar-refractivity contribution in [1.82, 2.24) is 15.0 Å². The van der Waals surface area contributed by atoms with Gasteiger partial charge in [0.2, 0.25) is 0 Å². The molecular weight excluding hydrogens is 258 g/mol. The topological polar surface area (TPSA) is 102 Å². The lowest BCUT2D eigenvalue weighted by molar-refractivity contribution is 0.111. The summed E-state index contributed by atoms with van der Waals surface area (Å²) < 4.78 is 30.5. The van der Waals surface area contributed by atoms with Crippen molar-refractivity contribution in [3.63, 3.8) is 0 Å². The molecule has 0 spiro atoms. The van der Waals surface area contributed by atoms with Crippen LogP contribution < -0.4 is 0 Å². The van der Waals surface area contributed by atoms with Crippen molar-refractivity contribution < 1.29 is 17.8 Å². The van der Waals surface area contributed by atoms with Gasteiger partial charge in [0.25, 0.3) is 10.1 Å². The van der Waals surface area contributed by atoms with E-state index in [-0.39, 0.29) is 10.6 Å². The highest BCUT2D eigenvalue weighted by Crippen LogP contribution is 2.13. The third-order valence-electron chi connectivity index (χ3n) is 2.30. The van der Waals surface area contributed by atoms with Gasteiger partial charge in [-0.25, -0.2) is 0 Å². The number of carbonyl (C=O) groups is 1. The lowest BCUT2D eigenvalue weighted by Crippen LogP contribution is -2.02. The van der Waals surface area contributed by atoms with Crippen LogP contribution in [-0.2, 0) is 10.1 Å². The highest BCUT2D eigenvalue weighted by atomic mass is 32.2. The van der Waals surface area contributed by atoms with Gasteiger partial charge < -0.3 is 0 Å². The van der Waals surface area contributed by atoms with Crippen LogP contribution in [0.25, 0.3) is 5.69 Å². The predicted molar refractivity (Wildman–Crippen MR) is 61.3 cm³/mol. The van der Waals surface area contributed by atoms with E-state index in [1.165, 1.54) is 29.1 Å². The highest BCUT2D eigenvalue weighted by Gasteiger charge is 2.11. The summed E-state index contributed by atoms with van der Waals surface area (Å²) in [5.41, 5.74) is 1.18. The van der Waals surface area contributed by atoms with E-state index in [2.05, 4.69) is 10.2 Å². The summed E-state index contributed by atoms with van der Waals surface area (Å²) in [5, 5.41) is 7.92. The molecule has 8 heteroatoms. The Balaban J connectivity index is 2.43. The smallest absolute Gasteiger partial charge is 0.294 e. The van der Waals surface area contributed by atoms with Crippen molar-refractivity contribution in [2.24, 2.45) is 0 Å². The molecule has 2 aromatic rings. The van der Waals surface area contributed by atoms with Gasteiger partial charge in [0.1, 0.15) is 5.69 Å². The maximum absolute atomic E-state index is 10.9. The molecule has 0 amide bonds. The molecule has 0 atom stereocenters. The first-order valence-corrected chi connectivity index (χ1v) is 6.33. The molecule has 0 unspecified atom stereocenters. The lowest BCUT2D eigenvalue weighted by Gasteiger charge is -2.00. The summed E-state index contributed by atoms with van der Waals surface area (Å²) in [7, 11) is -4.22. The van der Waals surface area contributed by atoms with Crippen LogP contribution in [-0.4, -0.2) is 34.3 Å².